The van der Waals surface area contributed by atoms with Crippen molar-refractivity contribution in [1.82, 2.24) is 0 Å². The van der Waals surface area contributed by atoms with Gasteiger partial charge >= 0.3 is 5.97 Å². The van der Waals surface area contributed by atoms with Crippen molar-refractivity contribution in [2.75, 3.05) is 0 Å². The molecule has 0 aromatic carbocycles. The molecule has 1 spiro atoms. The first-order chi connectivity index (χ1) is 9.90. The van der Waals surface area contributed by atoms with E-state index in [-0.39, 0.29) is 22.9 Å². The molecule has 0 saturated heterocycles. The summed E-state index contributed by atoms with van der Waals surface area (Å²) < 4.78 is 11.0. The van der Waals surface area contributed by atoms with Crippen LogP contribution in [0.3, 0.4) is 0 Å². The summed E-state index contributed by atoms with van der Waals surface area (Å²) in [6, 6.07) is 0. The topological polar surface area (TPSA) is 65.0 Å². The average molecular weight is 294 g/mol. The zero-order chi connectivity index (χ0) is 15.3. The molecular formula is C16H22O5. The quantitative estimate of drug-likeness (QED) is 0.367. The highest BCUT2D eigenvalue weighted by atomic mass is 17.1. The van der Waals surface area contributed by atoms with E-state index in [1.54, 1.807) is 6.26 Å². The van der Waals surface area contributed by atoms with Gasteiger partial charge in [-0.05, 0) is 36.7 Å². The largest absolute Gasteiger partial charge is 0.462 e. The Morgan fingerprint density at radius 1 is 1.43 bits per heavy atom. The molecule has 0 amide bonds. The average Bonchev–Trinajstić information content (AvgIpc) is 2.91. The van der Waals surface area contributed by atoms with Gasteiger partial charge in [-0.1, -0.05) is 25.5 Å². The fourth-order valence-corrected chi connectivity index (χ4v) is 4.31. The number of allylic oxidation sites excluding steroid dienone is 1. The van der Waals surface area contributed by atoms with Crippen LogP contribution in [-0.4, -0.2) is 23.6 Å². The lowest BCUT2D eigenvalue weighted by molar-refractivity contribution is -0.268. The molecule has 1 aliphatic heterocycles. The predicted molar refractivity (Wildman–Crippen MR) is 74.9 cm³/mol. The van der Waals surface area contributed by atoms with Gasteiger partial charge in [-0.15, -0.1) is 0 Å². The van der Waals surface area contributed by atoms with Gasteiger partial charge in [0.05, 0.1) is 11.7 Å². The first-order valence-electron chi connectivity index (χ1n) is 7.42. The van der Waals surface area contributed by atoms with Crippen molar-refractivity contribution in [3.05, 3.63) is 24.0 Å². The van der Waals surface area contributed by atoms with Gasteiger partial charge in [-0.2, -0.15) is 0 Å². The summed E-state index contributed by atoms with van der Waals surface area (Å²) in [4.78, 5) is 15.9. The van der Waals surface area contributed by atoms with Crippen molar-refractivity contribution < 1.29 is 24.4 Å². The van der Waals surface area contributed by atoms with Gasteiger partial charge in [-0.25, -0.2) is 4.89 Å². The van der Waals surface area contributed by atoms with Gasteiger partial charge in [-0.3, -0.25) is 10.1 Å². The van der Waals surface area contributed by atoms with Gasteiger partial charge in [0.25, 0.3) is 6.29 Å². The zero-order valence-corrected chi connectivity index (χ0v) is 12.7. The van der Waals surface area contributed by atoms with Gasteiger partial charge in [0.2, 0.25) is 0 Å². The minimum Gasteiger partial charge on any atom is -0.462 e. The predicted octanol–water partition coefficient (Wildman–Crippen LogP) is 3.03. The number of ether oxygens (including phenoxy) is 2. The molecule has 116 valence electrons. The number of esters is 1. The summed E-state index contributed by atoms with van der Waals surface area (Å²) >= 11 is 0. The first kappa shape index (κ1) is 14.6. The van der Waals surface area contributed by atoms with E-state index in [1.165, 1.54) is 12.5 Å². The van der Waals surface area contributed by atoms with E-state index in [9.17, 15) is 4.79 Å². The molecule has 4 atom stereocenters. The second-order valence-corrected chi connectivity index (χ2v) is 6.83. The van der Waals surface area contributed by atoms with Crippen LogP contribution in [0.5, 0.6) is 0 Å². The number of carbonyl (C=O) groups excluding carboxylic acids is 1. The summed E-state index contributed by atoms with van der Waals surface area (Å²) in [7, 11) is 0. The SMILES string of the molecule is CC(=O)O[C@@H]1OC=C[C@]12CC1=C[C@@H](OO)CC[C@H]1C2(C)C. The Bertz CT molecular complexity index is 507. The molecule has 2 aliphatic carbocycles. The fraction of sp³-hybridized carbons (Fsp3) is 0.688. The number of rotatable bonds is 2. The van der Waals surface area contributed by atoms with E-state index in [0.717, 1.165) is 19.3 Å². The van der Waals surface area contributed by atoms with Crippen LogP contribution in [0.15, 0.2) is 24.0 Å². The molecule has 1 heterocycles. The Morgan fingerprint density at radius 3 is 2.86 bits per heavy atom. The molecule has 0 aromatic rings. The van der Waals surface area contributed by atoms with Crippen LogP contribution in [0.1, 0.15) is 40.0 Å². The summed E-state index contributed by atoms with van der Waals surface area (Å²) in [6.07, 6.45) is 7.40. The van der Waals surface area contributed by atoms with Crippen LogP contribution in [0.2, 0.25) is 0 Å². The molecule has 3 rings (SSSR count). The molecule has 3 aliphatic rings. The fourth-order valence-electron chi connectivity index (χ4n) is 4.31. The summed E-state index contributed by atoms with van der Waals surface area (Å²) in [5, 5.41) is 8.92. The molecular weight excluding hydrogens is 272 g/mol. The van der Waals surface area contributed by atoms with Crippen molar-refractivity contribution in [3.8, 4) is 0 Å². The van der Waals surface area contributed by atoms with Crippen molar-refractivity contribution >= 4 is 5.97 Å². The lowest BCUT2D eigenvalue weighted by atomic mass is 9.63. The van der Waals surface area contributed by atoms with Crippen LogP contribution in [0, 0.1) is 16.7 Å². The second-order valence-electron chi connectivity index (χ2n) is 6.83. The van der Waals surface area contributed by atoms with Gasteiger partial charge in [0.15, 0.2) is 0 Å². The van der Waals surface area contributed by atoms with Crippen molar-refractivity contribution in [2.24, 2.45) is 16.7 Å². The van der Waals surface area contributed by atoms with E-state index in [0.29, 0.717) is 5.92 Å². The van der Waals surface area contributed by atoms with Gasteiger partial charge < -0.3 is 9.47 Å². The Morgan fingerprint density at radius 2 is 2.19 bits per heavy atom. The number of hydrogen-bond donors (Lipinski definition) is 1. The Hall–Kier alpha value is -1.33. The summed E-state index contributed by atoms with van der Waals surface area (Å²) in [6.45, 7) is 5.81. The highest BCUT2D eigenvalue weighted by Gasteiger charge is 2.63. The molecule has 1 saturated carbocycles. The Balaban J connectivity index is 1.97. The molecule has 0 bridgehead atoms. The van der Waals surface area contributed by atoms with Crippen LogP contribution < -0.4 is 0 Å². The molecule has 0 unspecified atom stereocenters. The van der Waals surface area contributed by atoms with E-state index in [1.807, 2.05) is 12.2 Å². The highest BCUT2D eigenvalue weighted by molar-refractivity contribution is 5.66. The van der Waals surface area contributed by atoms with Crippen LogP contribution in [0.4, 0.5) is 0 Å². The van der Waals surface area contributed by atoms with Gasteiger partial charge in [0.1, 0.15) is 6.10 Å². The van der Waals surface area contributed by atoms with Crippen molar-refractivity contribution in [1.29, 1.82) is 0 Å². The third-order valence-electron chi connectivity index (χ3n) is 5.55. The molecule has 1 N–H and O–H groups in total. The normalized spacial score (nSPS) is 39.8. The van der Waals surface area contributed by atoms with Crippen LogP contribution in [-0.2, 0) is 19.2 Å². The lowest BCUT2D eigenvalue weighted by Gasteiger charge is -2.42. The third-order valence-corrected chi connectivity index (χ3v) is 5.55. The minimum absolute atomic E-state index is 0.0909. The molecule has 5 heteroatoms. The zero-order valence-electron chi connectivity index (χ0n) is 12.7. The maximum absolute atomic E-state index is 11.4. The van der Waals surface area contributed by atoms with E-state index in [4.69, 9.17) is 14.7 Å². The number of fused-ring (bicyclic) bond motifs is 1. The molecule has 1 fully saturated rings. The van der Waals surface area contributed by atoms with E-state index in [2.05, 4.69) is 18.7 Å². The summed E-state index contributed by atoms with van der Waals surface area (Å²) in [5.41, 5.74) is 0.823. The standard InChI is InChI=1S/C16H22O5/c1-10(17)20-14-16(6-7-19-14)9-11-8-12(21-18)4-5-13(11)15(16,2)3/h6-8,12-14,18H,4-5,9H2,1-3H3/t12-,13+,14-,16-/m0/s1. The molecule has 21 heavy (non-hydrogen) atoms. The van der Waals surface area contributed by atoms with Gasteiger partial charge in [0, 0.05) is 6.92 Å². The Labute approximate surface area is 124 Å². The van der Waals surface area contributed by atoms with Crippen molar-refractivity contribution in [2.45, 2.75) is 52.4 Å². The molecule has 0 aromatic heterocycles. The monoisotopic (exact) mass is 294 g/mol. The first-order valence-corrected chi connectivity index (χ1v) is 7.42. The second kappa shape index (κ2) is 4.85. The maximum atomic E-state index is 11.4. The molecule has 5 nitrogen and oxygen atoms in total. The van der Waals surface area contributed by atoms with E-state index < -0.39 is 6.29 Å². The number of carbonyl (C=O) groups is 1. The summed E-state index contributed by atoms with van der Waals surface area (Å²) in [5.74, 6) is 0.0487. The number of hydrogen-bond acceptors (Lipinski definition) is 5. The molecule has 0 radical (unpaired) electrons. The third kappa shape index (κ3) is 2.02. The van der Waals surface area contributed by atoms with E-state index >= 15 is 0 Å². The maximum Gasteiger partial charge on any atom is 0.305 e. The Kier molecular flexibility index (Phi) is 3.37. The lowest BCUT2D eigenvalue weighted by Crippen LogP contribution is -2.44. The van der Waals surface area contributed by atoms with Crippen LogP contribution >= 0.6 is 0 Å². The highest BCUT2D eigenvalue weighted by Crippen LogP contribution is 2.65. The smallest absolute Gasteiger partial charge is 0.305 e. The van der Waals surface area contributed by atoms with Crippen molar-refractivity contribution in [3.63, 3.8) is 0 Å². The van der Waals surface area contributed by atoms with Crippen LogP contribution in [0.25, 0.3) is 0 Å². The minimum atomic E-state index is -0.579.